The Morgan fingerprint density at radius 2 is 2.19 bits per heavy atom. The van der Waals surface area contributed by atoms with Crippen LogP contribution in [0.4, 0.5) is 0 Å². The fourth-order valence-corrected chi connectivity index (χ4v) is 1.90. The number of hydrogen-bond acceptors (Lipinski definition) is 4. The SMILES string of the molecule is CONC(=C1CCNCC1)c1ccccn1. The van der Waals surface area contributed by atoms with E-state index in [1.165, 1.54) is 5.57 Å². The van der Waals surface area contributed by atoms with E-state index >= 15 is 0 Å². The van der Waals surface area contributed by atoms with Gasteiger partial charge in [0.2, 0.25) is 0 Å². The molecule has 1 aromatic rings. The summed E-state index contributed by atoms with van der Waals surface area (Å²) in [6, 6.07) is 5.90. The number of hydroxylamine groups is 1. The number of nitrogens with zero attached hydrogens (tertiary/aromatic N) is 1. The molecule has 4 heteroatoms. The number of nitrogens with one attached hydrogen (secondary N) is 2. The van der Waals surface area contributed by atoms with Crippen molar-refractivity contribution in [1.82, 2.24) is 15.8 Å². The second-order valence-corrected chi connectivity index (χ2v) is 3.75. The number of rotatable bonds is 3. The van der Waals surface area contributed by atoms with Gasteiger partial charge in [0, 0.05) is 6.20 Å². The van der Waals surface area contributed by atoms with Crippen LogP contribution in [0.25, 0.3) is 5.70 Å². The molecule has 2 N–H and O–H groups in total. The summed E-state index contributed by atoms with van der Waals surface area (Å²) in [6.07, 6.45) is 3.89. The fraction of sp³-hybridized carbons (Fsp3) is 0.417. The lowest BCUT2D eigenvalue weighted by Gasteiger charge is -2.20. The summed E-state index contributed by atoms with van der Waals surface area (Å²) in [4.78, 5) is 9.40. The van der Waals surface area contributed by atoms with Crippen molar-refractivity contribution in [3.63, 3.8) is 0 Å². The monoisotopic (exact) mass is 219 g/mol. The summed E-state index contributed by atoms with van der Waals surface area (Å²) in [5, 5.41) is 3.34. The Morgan fingerprint density at radius 1 is 1.38 bits per heavy atom. The molecule has 0 unspecified atom stereocenters. The molecule has 0 spiro atoms. The van der Waals surface area contributed by atoms with Crippen LogP contribution in [-0.4, -0.2) is 25.2 Å². The summed E-state index contributed by atoms with van der Waals surface area (Å²) in [5.74, 6) is 0. The van der Waals surface area contributed by atoms with Crippen LogP contribution >= 0.6 is 0 Å². The van der Waals surface area contributed by atoms with Gasteiger partial charge in [-0.15, -0.1) is 0 Å². The summed E-state index contributed by atoms with van der Waals surface area (Å²) in [7, 11) is 1.63. The van der Waals surface area contributed by atoms with Crippen LogP contribution in [0.5, 0.6) is 0 Å². The Morgan fingerprint density at radius 3 is 2.81 bits per heavy atom. The van der Waals surface area contributed by atoms with Crippen LogP contribution in [0.3, 0.4) is 0 Å². The molecular formula is C12H17N3O. The van der Waals surface area contributed by atoms with Crippen molar-refractivity contribution in [3.8, 4) is 0 Å². The number of hydrogen-bond donors (Lipinski definition) is 2. The molecule has 0 aromatic carbocycles. The largest absolute Gasteiger partial charge is 0.316 e. The molecule has 1 aromatic heterocycles. The highest BCUT2D eigenvalue weighted by Gasteiger charge is 2.13. The van der Waals surface area contributed by atoms with E-state index in [2.05, 4.69) is 15.8 Å². The molecule has 2 heterocycles. The standard InChI is InChI=1S/C12H17N3O/c1-16-15-12(10-5-8-13-9-6-10)11-4-2-3-7-14-11/h2-4,7,13,15H,5-6,8-9H2,1H3. The molecule has 0 radical (unpaired) electrons. The molecule has 16 heavy (non-hydrogen) atoms. The first-order chi connectivity index (χ1) is 7.92. The lowest BCUT2D eigenvalue weighted by Crippen LogP contribution is -2.26. The second kappa shape index (κ2) is 5.63. The van der Waals surface area contributed by atoms with Gasteiger partial charge in [-0.1, -0.05) is 6.07 Å². The van der Waals surface area contributed by atoms with E-state index in [1.54, 1.807) is 13.3 Å². The molecule has 0 saturated carbocycles. The lowest BCUT2D eigenvalue weighted by atomic mass is 10.0. The molecule has 1 aliphatic heterocycles. The Bertz CT molecular complexity index is 354. The maximum Gasteiger partial charge on any atom is 0.0883 e. The molecule has 86 valence electrons. The maximum absolute atomic E-state index is 5.04. The Balaban J connectivity index is 2.28. The zero-order valence-electron chi connectivity index (χ0n) is 9.49. The van der Waals surface area contributed by atoms with Crippen molar-refractivity contribution in [1.29, 1.82) is 0 Å². The molecule has 1 aliphatic rings. The average Bonchev–Trinajstić information content (AvgIpc) is 2.38. The molecule has 0 atom stereocenters. The smallest absolute Gasteiger partial charge is 0.0883 e. The molecule has 0 aliphatic carbocycles. The van der Waals surface area contributed by atoms with Gasteiger partial charge in [-0.3, -0.25) is 15.3 Å². The van der Waals surface area contributed by atoms with Gasteiger partial charge in [-0.05, 0) is 43.6 Å². The van der Waals surface area contributed by atoms with Gasteiger partial charge in [0.15, 0.2) is 0 Å². The van der Waals surface area contributed by atoms with Crippen molar-refractivity contribution in [2.24, 2.45) is 0 Å². The Kier molecular flexibility index (Phi) is 3.91. The minimum atomic E-state index is 0.946. The second-order valence-electron chi connectivity index (χ2n) is 3.75. The summed E-state index contributed by atoms with van der Waals surface area (Å²) >= 11 is 0. The van der Waals surface area contributed by atoms with Crippen molar-refractivity contribution in [3.05, 3.63) is 35.7 Å². The van der Waals surface area contributed by atoms with Gasteiger partial charge in [0.25, 0.3) is 0 Å². The third-order valence-electron chi connectivity index (χ3n) is 2.69. The summed E-state index contributed by atoms with van der Waals surface area (Å²) in [6.45, 7) is 2.05. The topological polar surface area (TPSA) is 46.2 Å². The van der Waals surface area contributed by atoms with Gasteiger partial charge in [-0.25, -0.2) is 0 Å². The van der Waals surface area contributed by atoms with Crippen LogP contribution in [0.2, 0.25) is 0 Å². The van der Waals surface area contributed by atoms with E-state index in [-0.39, 0.29) is 0 Å². The molecule has 1 fully saturated rings. The van der Waals surface area contributed by atoms with Crippen LogP contribution in [-0.2, 0) is 4.84 Å². The van der Waals surface area contributed by atoms with Gasteiger partial charge in [0.05, 0.1) is 18.5 Å². The maximum atomic E-state index is 5.04. The summed E-state index contributed by atoms with van der Waals surface area (Å²) < 4.78 is 0. The van der Waals surface area contributed by atoms with Gasteiger partial charge in [0.1, 0.15) is 0 Å². The van der Waals surface area contributed by atoms with E-state index in [0.717, 1.165) is 37.3 Å². The molecule has 1 saturated heterocycles. The minimum Gasteiger partial charge on any atom is -0.316 e. The van der Waals surface area contributed by atoms with E-state index in [4.69, 9.17) is 4.84 Å². The van der Waals surface area contributed by atoms with Crippen LogP contribution in [0.1, 0.15) is 18.5 Å². The number of aromatic nitrogens is 1. The Labute approximate surface area is 95.7 Å². The third kappa shape index (κ3) is 2.59. The van der Waals surface area contributed by atoms with Gasteiger partial charge < -0.3 is 5.32 Å². The normalized spacial score (nSPS) is 15.9. The van der Waals surface area contributed by atoms with Gasteiger partial charge >= 0.3 is 0 Å². The average molecular weight is 219 g/mol. The van der Waals surface area contributed by atoms with Gasteiger partial charge in [-0.2, -0.15) is 0 Å². The zero-order valence-corrected chi connectivity index (χ0v) is 9.49. The van der Waals surface area contributed by atoms with Crippen molar-refractivity contribution in [2.75, 3.05) is 20.2 Å². The molecule has 4 nitrogen and oxygen atoms in total. The zero-order chi connectivity index (χ0) is 11.2. The molecular weight excluding hydrogens is 202 g/mol. The first kappa shape index (κ1) is 11.1. The van der Waals surface area contributed by atoms with Crippen LogP contribution in [0.15, 0.2) is 30.0 Å². The van der Waals surface area contributed by atoms with Crippen LogP contribution in [0, 0.1) is 0 Å². The van der Waals surface area contributed by atoms with E-state index in [9.17, 15) is 0 Å². The van der Waals surface area contributed by atoms with Crippen molar-refractivity contribution < 1.29 is 4.84 Å². The first-order valence-electron chi connectivity index (χ1n) is 5.55. The predicted molar refractivity (Wildman–Crippen MR) is 63.4 cm³/mol. The summed E-state index contributed by atoms with van der Waals surface area (Å²) in [5.41, 5.74) is 6.30. The van der Waals surface area contributed by atoms with Crippen molar-refractivity contribution in [2.45, 2.75) is 12.8 Å². The number of piperidine rings is 1. The van der Waals surface area contributed by atoms with Crippen LogP contribution < -0.4 is 10.8 Å². The fourth-order valence-electron chi connectivity index (χ4n) is 1.90. The number of pyridine rings is 1. The Hall–Kier alpha value is -1.39. The highest BCUT2D eigenvalue weighted by Crippen LogP contribution is 2.20. The molecule has 2 rings (SSSR count). The lowest BCUT2D eigenvalue weighted by molar-refractivity contribution is 0.135. The predicted octanol–water partition coefficient (Wildman–Crippen LogP) is 1.33. The minimum absolute atomic E-state index is 0.946. The first-order valence-corrected chi connectivity index (χ1v) is 5.55. The quantitative estimate of drug-likeness (QED) is 0.753. The van der Waals surface area contributed by atoms with E-state index < -0.39 is 0 Å². The van der Waals surface area contributed by atoms with E-state index in [1.807, 2.05) is 18.2 Å². The molecule has 0 amide bonds. The van der Waals surface area contributed by atoms with Crippen molar-refractivity contribution >= 4 is 5.70 Å². The highest BCUT2D eigenvalue weighted by molar-refractivity contribution is 5.63. The van der Waals surface area contributed by atoms with E-state index in [0.29, 0.717) is 0 Å². The molecule has 0 bridgehead atoms. The highest BCUT2D eigenvalue weighted by atomic mass is 16.6. The third-order valence-corrected chi connectivity index (χ3v) is 2.69.